The highest BCUT2D eigenvalue weighted by Gasteiger charge is 2.04. The largest absolute Gasteiger partial charge is 0.356 e. The summed E-state index contributed by atoms with van der Waals surface area (Å²) in [7, 11) is 1.80. The number of nitrogens with one attached hydrogen (secondary N) is 2. The molecule has 2 N–H and O–H groups in total. The summed E-state index contributed by atoms with van der Waals surface area (Å²) < 4.78 is 1.94. The van der Waals surface area contributed by atoms with Gasteiger partial charge in [0.1, 0.15) is 0 Å². The highest BCUT2D eigenvalue weighted by atomic mass is 15.3. The van der Waals surface area contributed by atoms with E-state index in [-0.39, 0.29) is 0 Å². The summed E-state index contributed by atoms with van der Waals surface area (Å²) in [5.41, 5.74) is 2.53. The van der Waals surface area contributed by atoms with Gasteiger partial charge in [-0.15, -0.1) is 0 Å². The summed E-state index contributed by atoms with van der Waals surface area (Å²) in [4.78, 5) is 4.26. The van der Waals surface area contributed by atoms with Crippen LogP contribution in [0.5, 0.6) is 0 Å². The minimum Gasteiger partial charge on any atom is -0.356 e. The van der Waals surface area contributed by atoms with Gasteiger partial charge in [-0.2, -0.15) is 5.10 Å². The molecule has 1 aromatic carbocycles. The Bertz CT molecular complexity index is 574. The van der Waals surface area contributed by atoms with Crippen molar-refractivity contribution in [2.24, 2.45) is 4.99 Å². The quantitative estimate of drug-likeness (QED) is 0.469. The fourth-order valence-electron chi connectivity index (χ4n) is 2.24. The maximum Gasteiger partial charge on any atom is 0.191 e. The third-order valence-electron chi connectivity index (χ3n) is 3.50. The number of guanidine groups is 1. The van der Waals surface area contributed by atoms with Crippen LogP contribution in [0.4, 0.5) is 0 Å². The number of nitrogens with zero attached hydrogens (tertiary/aromatic N) is 3. The summed E-state index contributed by atoms with van der Waals surface area (Å²) in [6.45, 7) is 4.67. The van der Waals surface area contributed by atoms with E-state index in [9.17, 15) is 0 Å². The van der Waals surface area contributed by atoms with Gasteiger partial charge in [-0.05, 0) is 23.6 Å². The lowest BCUT2D eigenvalue weighted by Gasteiger charge is -2.14. The molecule has 0 radical (unpaired) electrons. The first-order valence-electron chi connectivity index (χ1n) is 7.82. The minimum atomic E-state index is 0.753. The number of benzene rings is 1. The fraction of sp³-hybridized carbons (Fsp3) is 0.412. The molecular weight excluding hydrogens is 274 g/mol. The standard InChI is InChI=1S/C17H25N5/c1-3-4-10-19-17(18-2)20-13-15-8-5-6-9-16(15)14-22-12-7-11-21-22/h5-9,11-12H,3-4,10,13-14H2,1-2H3,(H2,18,19,20). The zero-order valence-corrected chi connectivity index (χ0v) is 13.4. The molecule has 5 nitrogen and oxygen atoms in total. The first kappa shape index (κ1) is 16.1. The average Bonchev–Trinajstić information content (AvgIpc) is 3.05. The van der Waals surface area contributed by atoms with E-state index in [1.807, 2.05) is 16.9 Å². The van der Waals surface area contributed by atoms with Crippen molar-refractivity contribution in [2.75, 3.05) is 13.6 Å². The van der Waals surface area contributed by atoms with Crippen LogP contribution in [0.3, 0.4) is 0 Å². The second-order valence-corrected chi connectivity index (χ2v) is 5.18. The van der Waals surface area contributed by atoms with E-state index in [1.54, 1.807) is 13.2 Å². The molecule has 0 saturated carbocycles. The van der Waals surface area contributed by atoms with Crippen molar-refractivity contribution in [2.45, 2.75) is 32.9 Å². The number of aromatic nitrogens is 2. The molecular formula is C17H25N5. The minimum absolute atomic E-state index is 0.753. The maximum atomic E-state index is 4.27. The summed E-state index contributed by atoms with van der Waals surface area (Å²) in [6.07, 6.45) is 6.11. The van der Waals surface area contributed by atoms with E-state index in [0.29, 0.717) is 0 Å². The SMILES string of the molecule is CCCCNC(=NC)NCc1ccccc1Cn1cccn1. The molecule has 2 aromatic rings. The Morgan fingerprint density at radius 1 is 1.18 bits per heavy atom. The third kappa shape index (κ3) is 4.91. The van der Waals surface area contributed by atoms with E-state index in [0.717, 1.165) is 32.0 Å². The molecule has 0 fully saturated rings. The van der Waals surface area contributed by atoms with Gasteiger partial charge in [0, 0.05) is 32.5 Å². The molecule has 0 unspecified atom stereocenters. The molecule has 0 atom stereocenters. The smallest absolute Gasteiger partial charge is 0.191 e. The fourth-order valence-corrected chi connectivity index (χ4v) is 2.24. The lowest BCUT2D eigenvalue weighted by Crippen LogP contribution is -2.37. The van der Waals surface area contributed by atoms with Crippen LogP contribution in [0.1, 0.15) is 30.9 Å². The van der Waals surface area contributed by atoms with Crippen LogP contribution in [0.2, 0.25) is 0 Å². The molecule has 22 heavy (non-hydrogen) atoms. The Morgan fingerprint density at radius 2 is 2.00 bits per heavy atom. The number of unbranched alkanes of at least 4 members (excludes halogenated alkanes) is 1. The Balaban J connectivity index is 1.94. The van der Waals surface area contributed by atoms with Gasteiger partial charge in [-0.3, -0.25) is 9.67 Å². The Morgan fingerprint density at radius 3 is 2.68 bits per heavy atom. The molecule has 0 amide bonds. The third-order valence-corrected chi connectivity index (χ3v) is 3.50. The zero-order chi connectivity index (χ0) is 15.6. The Hall–Kier alpha value is -2.30. The summed E-state index contributed by atoms with van der Waals surface area (Å²) >= 11 is 0. The molecule has 2 rings (SSSR count). The summed E-state index contributed by atoms with van der Waals surface area (Å²) in [5, 5.41) is 11.0. The predicted molar refractivity (Wildman–Crippen MR) is 90.9 cm³/mol. The van der Waals surface area contributed by atoms with Gasteiger partial charge in [-0.1, -0.05) is 37.6 Å². The van der Waals surface area contributed by atoms with Gasteiger partial charge in [0.2, 0.25) is 0 Å². The zero-order valence-electron chi connectivity index (χ0n) is 13.4. The second kappa shape index (κ2) is 8.87. The topological polar surface area (TPSA) is 54.2 Å². The first-order chi connectivity index (χ1) is 10.8. The van der Waals surface area contributed by atoms with Crippen LogP contribution >= 0.6 is 0 Å². The number of aliphatic imine (C=N–C) groups is 1. The van der Waals surface area contributed by atoms with Crippen LogP contribution in [-0.2, 0) is 13.1 Å². The Kier molecular flexibility index (Phi) is 6.48. The lowest BCUT2D eigenvalue weighted by molar-refractivity contribution is 0.676. The highest BCUT2D eigenvalue weighted by molar-refractivity contribution is 5.79. The van der Waals surface area contributed by atoms with Gasteiger partial charge >= 0.3 is 0 Å². The number of hydrogen-bond acceptors (Lipinski definition) is 2. The van der Waals surface area contributed by atoms with Crippen LogP contribution < -0.4 is 10.6 Å². The van der Waals surface area contributed by atoms with Crippen LogP contribution in [0.15, 0.2) is 47.7 Å². The van der Waals surface area contributed by atoms with Crippen molar-refractivity contribution in [3.05, 3.63) is 53.9 Å². The number of rotatable bonds is 7. The highest BCUT2D eigenvalue weighted by Crippen LogP contribution is 2.10. The van der Waals surface area contributed by atoms with Gasteiger partial charge in [0.05, 0.1) is 6.54 Å². The van der Waals surface area contributed by atoms with Crippen molar-refractivity contribution in [1.29, 1.82) is 0 Å². The molecule has 1 aromatic heterocycles. The van der Waals surface area contributed by atoms with Crippen LogP contribution in [0, 0.1) is 0 Å². The molecule has 5 heteroatoms. The molecule has 0 saturated heterocycles. The van der Waals surface area contributed by atoms with Crippen LogP contribution in [0.25, 0.3) is 0 Å². The van der Waals surface area contributed by atoms with Gasteiger partial charge in [-0.25, -0.2) is 0 Å². The van der Waals surface area contributed by atoms with E-state index < -0.39 is 0 Å². The molecule has 118 valence electrons. The van der Waals surface area contributed by atoms with E-state index in [1.165, 1.54) is 17.5 Å². The summed E-state index contributed by atoms with van der Waals surface area (Å²) in [6, 6.07) is 10.4. The molecule has 1 heterocycles. The first-order valence-corrected chi connectivity index (χ1v) is 7.82. The maximum absolute atomic E-state index is 4.27. The predicted octanol–water partition coefficient (Wildman–Crippen LogP) is 2.40. The molecule has 0 bridgehead atoms. The Labute approximate surface area is 132 Å². The molecule has 0 aliphatic rings. The monoisotopic (exact) mass is 299 g/mol. The van der Waals surface area contributed by atoms with E-state index >= 15 is 0 Å². The van der Waals surface area contributed by atoms with Gasteiger partial charge in [0.15, 0.2) is 5.96 Å². The summed E-state index contributed by atoms with van der Waals surface area (Å²) in [5.74, 6) is 0.849. The second-order valence-electron chi connectivity index (χ2n) is 5.18. The van der Waals surface area contributed by atoms with Crippen molar-refractivity contribution < 1.29 is 0 Å². The average molecular weight is 299 g/mol. The van der Waals surface area contributed by atoms with Gasteiger partial charge in [0.25, 0.3) is 0 Å². The molecule has 0 aliphatic heterocycles. The van der Waals surface area contributed by atoms with Crippen molar-refractivity contribution in [1.82, 2.24) is 20.4 Å². The molecule has 0 spiro atoms. The van der Waals surface area contributed by atoms with Gasteiger partial charge < -0.3 is 10.6 Å². The lowest BCUT2D eigenvalue weighted by atomic mass is 10.1. The van der Waals surface area contributed by atoms with Crippen molar-refractivity contribution in [3.63, 3.8) is 0 Å². The van der Waals surface area contributed by atoms with Crippen molar-refractivity contribution in [3.8, 4) is 0 Å². The number of hydrogen-bond donors (Lipinski definition) is 2. The normalized spacial score (nSPS) is 11.5. The van der Waals surface area contributed by atoms with Crippen LogP contribution in [-0.4, -0.2) is 29.3 Å². The van der Waals surface area contributed by atoms with E-state index in [4.69, 9.17) is 0 Å². The van der Waals surface area contributed by atoms with E-state index in [2.05, 4.69) is 51.9 Å². The molecule has 0 aliphatic carbocycles. The van der Waals surface area contributed by atoms with Crippen molar-refractivity contribution >= 4 is 5.96 Å².